The van der Waals surface area contributed by atoms with Crippen LogP contribution in [0.4, 0.5) is 0 Å². The van der Waals surface area contributed by atoms with Crippen LogP contribution in [0.15, 0.2) is 120 Å². The first-order chi connectivity index (χ1) is 22.5. The Bertz CT molecular complexity index is 1780. The van der Waals surface area contributed by atoms with E-state index in [0.717, 1.165) is 15.9 Å². The summed E-state index contributed by atoms with van der Waals surface area (Å²) >= 11 is 0. The third-order valence-electron chi connectivity index (χ3n) is 8.92. The first-order valence-electron chi connectivity index (χ1n) is 15.8. The fourth-order valence-corrected chi connectivity index (χ4v) is 13.1. The molecular weight excluding hydrogens is 627 g/mol. The van der Waals surface area contributed by atoms with Crippen molar-refractivity contribution in [2.24, 2.45) is 0 Å². The van der Waals surface area contributed by atoms with Gasteiger partial charge < -0.3 is 19.7 Å². The van der Waals surface area contributed by atoms with Crippen LogP contribution in [0.2, 0.25) is 5.04 Å². The minimum atomic E-state index is -3.77. The molecule has 0 spiro atoms. The van der Waals surface area contributed by atoms with Crippen LogP contribution in [-0.4, -0.2) is 67.4 Å². The minimum absolute atomic E-state index is 0.0101. The Morgan fingerprint density at radius 1 is 0.936 bits per heavy atom. The number of aliphatic hydroxyl groups is 2. The third-order valence-corrected chi connectivity index (χ3v) is 15.9. The SMILES string of the molecule is CC(C)(C)[Si](OCC1=C([C@H](O)CC/C(=C/c2ccccc2O)c2ccccn2)[C@H](CO)S(=O)(=O)C1)(c1ccccc1)c1ccccc1. The summed E-state index contributed by atoms with van der Waals surface area (Å²) in [7, 11) is -6.77. The normalized spacial score (nSPS) is 17.6. The van der Waals surface area contributed by atoms with Gasteiger partial charge in [-0.05, 0) is 69.2 Å². The predicted molar refractivity (Wildman–Crippen MR) is 191 cm³/mol. The second-order valence-corrected chi connectivity index (χ2v) is 19.5. The van der Waals surface area contributed by atoms with Gasteiger partial charge in [0, 0.05) is 11.8 Å². The quantitative estimate of drug-likeness (QED) is 0.142. The Morgan fingerprint density at radius 3 is 2.09 bits per heavy atom. The smallest absolute Gasteiger partial charge is 0.261 e. The van der Waals surface area contributed by atoms with E-state index < -0.39 is 36.1 Å². The van der Waals surface area contributed by atoms with E-state index in [0.29, 0.717) is 28.8 Å². The molecule has 0 saturated heterocycles. The zero-order valence-electron chi connectivity index (χ0n) is 27.1. The first-order valence-corrected chi connectivity index (χ1v) is 19.5. The van der Waals surface area contributed by atoms with E-state index in [1.165, 1.54) is 0 Å². The molecule has 0 fully saturated rings. The summed E-state index contributed by atoms with van der Waals surface area (Å²) in [5.41, 5.74) is 2.88. The Kier molecular flexibility index (Phi) is 10.6. The van der Waals surface area contributed by atoms with Crippen molar-refractivity contribution in [2.45, 2.75) is 50.0 Å². The van der Waals surface area contributed by atoms with Crippen molar-refractivity contribution in [3.8, 4) is 5.75 Å². The molecule has 0 unspecified atom stereocenters. The summed E-state index contributed by atoms with van der Waals surface area (Å²) in [6.07, 6.45) is 2.88. The van der Waals surface area contributed by atoms with Crippen molar-refractivity contribution in [1.29, 1.82) is 0 Å². The van der Waals surface area contributed by atoms with E-state index in [-0.39, 0.29) is 29.6 Å². The van der Waals surface area contributed by atoms with Crippen molar-refractivity contribution in [2.75, 3.05) is 19.0 Å². The number of allylic oxidation sites excluding steroid dienone is 1. The number of benzene rings is 3. The molecule has 3 N–H and O–H groups in total. The average Bonchev–Trinajstić information content (AvgIpc) is 3.33. The Labute approximate surface area is 279 Å². The molecule has 2 heterocycles. The average molecular weight is 670 g/mol. The second-order valence-electron chi connectivity index (χ2n) is 13.0. The van der Waals surface area contributed by atoms with Crippen molar-refractivity contribution >= 4 is 40.2 Å². The van der Waals surface area contributed by atoms with Gasteiger partial charge in [0.1, 0.15) is 11.0 Å². The van der Waals surface area contributed by atoms with Crippen LogP contribution in [0, 0.1) is 0 Å². The molecule has 0 radical (unpaired) electrons. The standard InChI is InChI=1S/C38H43NO6SSi/c1-38(2,3)47(31-15-6-4-7-16-31,32-17-8-5-9-18-32)45-26-30-27-46(43,44)36(25-40)37(30)35(42)22-21-28(33-19-12-13-23-39-33)24-29-14-10-11-20-34(29)41/h4-20,23-24,35-36,40-42H,21-22,25-27H2,1-3H3/b28-24-/t35-,36+/m1/s1. The van der Waals surface area contributed by atoms with Crippen LogP contribution in [0.1, 0.15) is 44.9 Å². The number of sulfone groups is 1. The van der Waals surface area contributed by atoms with Crippen LogP contribution >= 0.6 is 0 Å². The second kappa shape index (κ2) is 14.5. The van der Waals surface area contributed by atoms with Gasteiger partial charge in [-0.25, -0.2) is 8.42 Å². The summed E-state index contributed by atoms with van der Waals surface area (Å²) in [5.74, 6) is -0.168. The number of aliphatic hydroxyl groups excluding tert-OH is 2. The molecule has 4 aromatic rings. The van der Waals surface area contributed by atoms with Crippen LogP contribution in [0.5, 0.6) is 5.75 Å². The summed E-state index contributed by atoms with van der Waals surface area (Å²) < 4.78 is 33.9. The number of hydrogen-bond donors (Lipinski definition) is 3. The molecule has 5 rings (SSSR count). The molecule has 1 aliphatic rings. The lowest BCUT2D eigenvalue weighted by Gasteiger charge is -2.43. The number of phenols is 1. The molecule has 3 aromatic carbocycles. The molecule has 246 valence electrons. The van der Waals surface area contributed by atoms with Gasteiger partial charge in [0.25, 0.3) is 8.32 Å². The highest BCUT2D eigenvalue weighted by Crippen LogP contribution is 2.39. The van der Waals surface area contributed by atoms with Gasteiger partial charge in [0.05, 0.1) is 30.8 Å². The number of phenolic OH excluding ortho intramolecular Hbond substituents is 1. The molecule has 2 atom stereocenters. The highest BCUT2D eigenvalue weighted by atomic mass is 32.2. The number of hydrogen-bond acceptors (Lipinski definition) is 7. The highest BCUT2D eigenvalue weighted by Gasteiger charge is 2.51. The van der Waals surface area contributed by atoms with E-state index >= 15 is 0 Å². The predicted octanol–water partition coefficient (Wildman–Crippen LogP) is 5.13. The van der Waals surface area contributed by atoms with E-state index in [9.17, 15) is 23.7 Å². The molecule has 47 heavy (non-hydrogen) atoms. The van der Waals surface area contributed by atoms with Gasteiger partial charge in [0.15, 0.2) is 9.84 Å². The van der Waals surface area contributed by atoms with Crippen LogP contribution in [-0.2, 0) is 14.3 Å². The molecule has 0 saturated carbocycles. The van der Waals surface area contributed by atoms with Gasteiger partial charge in [0.2, 0.25) is 0 Å². The lowest BCUT2D eigenvalue weighted by atomic mass is 9.94. The molecule has 0 bridgehead atoms. The van der Waals surface area contributed by atoms with Crippen LogP contribution in [0.3, 0.4) is 0 Å². The number of para-hydroxylation sites is 1. The highest BCUT2D eigenvalue weighted by molar-refractivity contribution is 7.92. The lowest BCUT2D eigenvalue weighted by Crippen LogP contribution is -2.66. The summed E-state index contributed by atoms with van der Waals surface area (Å²) in [6, 6.07) is 32.7. The molecule has 0 aliphatic carbocycles. The van der Waals surface area contributed by atoms with E-state index in [2.05, 4.69) is 50.0 Å². The Hall–Kier alpha value is -3.86. The number of aromatic hydroxyl groups is 1. The topological polar surface area (TPSA) is 117 Å². The van der Waals surface area contributed by atoms with Crippen molar-refractivity contribution in [3.05, 3.63) is 132 Å². The largest absolute Gasteiger partial charge is 0.507 e. The number of nitrogens with zero attached hydrogens (tertiary/aromatic N) is 1. The maximum Gasteiger partial charge on any atom is 0.261 e. The number of rotatable bonds is 12. The zero-order valence-corrected chi connectivity index (χ0v) is 28.9. The van der Waals surface area contributed by atoms with Crippen molar-refractivity contribution in [1.82, 2.24) is 4.98 Å². The van der Waals surface area contributed by atoms with Gasteiger partial charge in [-0.3, -0.25) is 4.98 Å². The zero-order chi connectivity index (χ0) is 33.7. The summed E-state index contributed by atoms with van der Waals surface area (Å²) in [6.45, 7) is 5.85. The third kappa shape index (κ3) is 7.34. The number of aromatic nitrogens is 1. The minimum Gasteiger partial charge on any atom is -0.507 e. The molecule has 1 aliphatic heterocycles. The molecular formula is C38H43NO6SSi. The maximum absolute atomic E-state index is 13.4. The van der Waals surface area contributed by atoms with Gasteiger partial charge >= 0.3 is 0 Å². The molecule has 1 aromatic heterocycles. The molecule has 0 amide bonds. The van der Waals surface area contributed by atoms with Gasteiger partial charge in [-0.1, -0.05) is 106 Å². The van der Waals surface area contributed by atoms with Crippen LogP contribution in [0.25, 0.3) is 11.6 Å². The fraction of sp³-hybridized carbons (Fsp3) is 0.289. The Balaban J connectivity index is 1.52. The van der Waals surface area contributed by atoms with Crippen molar-refractivity contribution in [3.63, 3.8) is 0 Å². The lowest BCUT2D eigenvalue weighted by molar-refractivity contribution is 0.188. The molecule has 9 heteroatoms. The first kappa shape index (κ1) is 34.5. The van der Waals surface area contributed by atoms with Crippen molar-refractivity contribution < 1.29 is 28.2 Å². The monoisotopic (exact) mass is 669 g/mol. The number of pyridine rings is 1. The Morgan fingerprint density at radius 2 is 1.53 bits per heavy atom. The van der Waals surface area contributed by atoms with E-state index in [1.54, 1.807) is 24.4 Å². The van der Waals surface area contributed by atoms with E-state index in [4.69, 9.17) is 4.43 Å². The van der Waals surface area contributed by atoms with Gasteiger partial charge in [-0.15, -0.1) is 0 Å². The van der Waals surface area contributed by atoms with Gasteiger partial charge in [-0.2, -0.15) is 0 Å². The van der Waals surface area contributed by atoms with E-state index in [1.807, 2.05) is 66.7 Å². The molecule has 7 nitrogen and oxygen atoms in total. The summed E-state index contributed by atoms with van der Waals surface area (Å²) in [4.78, 5) is 4.49. The fourth-order valence-electron chi connectivity index (χ4n) is 6.66. The maximum atomic E-state index is 13.4. The summed E-state index contributed by atoms with van der Waals surface area (Å²) in [5, 5.41) is 33.1. The van der Waals surface area contributed by atoms with Crippen LogP contribution < -0.4 is 10.4 Å².